The van der Waals surface area contributed by atoms with E-state index in [2.05, 4.69) is 27.9 Å². The zero-order valence-electron chi connectivity index (χ0n) is 19.5. The van der Waals surface area contributed by atoms with E-state index in [9.17, 15) is 10.2 Å². The first-order valence-corrected chi connectivity index (χ1v) is 12.6. The number of hydrogen-bond donors (Lipinski definition) is 2. The molecule has 0 amide bonds. The maximum Gasteiger partial charge on any atom is 0.129 e. The summed E-state index contributed by atoms with van der Waals surface area (Å²) in [6.07, 6.45) is 10.3. The van der Waals surface area contributed by atoms with Gasteiger partial charge < -0.3 is 19.8 Å². The molecule has 1 aromatic heterocycles. The van der Waals surface area contributed by atoms with Crippen LogP contribution in [0.2, 0.25) is 0 Å². The summed E-state index contributed by atoms with van der Waals surface area (Å²) in [6, 6.07) is 13.9. The van der Waals surface area contributed by atoms with Crippen molar-refractivity contribution in [2.24, 2.45) is 5.92 Å². The zero-order valence-corrected chi connectivity index (χ0v) is 19.5. The average Bonchev–Trinajstić information content (AvgIpc) is 3.61. The summed E-state index contributed by atoms with van der Waals surface area (Å²) >= 11 is 0. The largest absolute Gasteiger partial charge is 0.388 e. The van der Waals surface area contributed by atoms with Crippen LogP contribution in [0, 0.1) is 18.3 Å². The fourth-order valence-corrected chi connectivity index (χ4v) is 6.18. The third-order valence-corrected chi connectivity index (χ3v) is 8.15. The third-order valence-electron chi connectivity index (χ3n) is 8.15. The lowest BCUT2D eigenvalue weighted by Gasteiger charge is -2.54. The Bertz CT molecular complexity index is 1070. The summed E-state index contributed by atoms with van der Waals surface area (Å²) < 4.78 is 6.02. The molecule has 178 valence electrons. The lowest BCUT2D eigenvalue weighted by molar-refractivity contribution is -0.143. The minimum Gasteiger partial charge on any atom is -0.388 e. The number of aliphatic hydroxyl groups is 2. The number of piperidine rings is 3. The molecule has 1 aliphatic carbocycles. The summed E-state index contributed by atoms with van der Waals surface area (Å²) in [4.78, 5) is 9.45. The molecule has 5 aliphatic rings. The number of pyridine rings is 1. The lowest BCUT2D eigenvalue weighted by atomic mass is 9.66. The minimum atomic E-state index is -1.11. The SMILES string of the molecule is C#CC1N2CCC(CC2)[C@@]1(O)c1ccc(N2C[C@@H](O)[C@H](OC3CC3)C2)nc1Cc1ccccc1. The molecule has 6 heteroatoms. The van der Waals surface area contributed by atoms with Crippen LogP contribution in [0.1, 0.15) is 42.5 Å². The van der Waals surface area contributed by atoms with Crippen molar-refractivity contribution >= 4 is 5.82 Å². The van der Waals surface area contributed by atoms with Crippen molar-refractivity contribution in [3.8, 4) is 12.3 Å². The number of anilines is 1. The number of β-amino-alcohol motifs (C(OH)–C–C–N with tert-alkyl or cyclic N) is 1. The molecule has 2 aromatic rings. The van der Waals surface area contributed by atoms with Gasteiger partial charge in [-0.15, -0.1) is 6.42 Å². The van der Waals surface area contributed by atoms with Crippen LogP contribution in [0.5, 0.6) is 0 Å². The second kappa shape index (κ2) is 8.66. The van der Waals surface area contributed by atoms with Gasteiger partial charge in [0, 0.05) is 25.1 Å². The molecule has 4 atom stereocenters. The summed E-state index contributed by atoms with van der Waals surface area (Å²) in [5.74, 6) is 3.86. The van der Waals surface area contributed by atoms with Gasteiger partial charge >= 0.3 is 0 Å². The van der Waals surface area contributed by atoms with E-state index < -0.39 is 11.7 Å². The molecule has 1 saturated carbocycles. The van der Waals surface area contributed by atoms with Crippen LogP contribution in [-0.2, 0) is 16.8 Å². The molecule has 1 unspecified atom stereocenters. The zero-order chi connectivity index (χ0) is 23.3. The number of nitrogens with zero attached hydrogens (tertiary/aromatic N) is 3. The van der Waals surface area contributed by atoms with Gasteiger partial charge in [0.15, 0.2) is 0 Å². The highest BCUT2D eigenvalue weighted by atomic mass is 16.5. The lowest BCUT2D eigenvalue weighted by Crippen LogP contribution is -2.63. The van der Waals surface area contributed by atoms with Crippen molar-refractivity contribution in [3.63, 3.8) is 0 Å². The van der Waals surface area contributed by atoms with E-state index in [1.54, 1.807) is 0 Å². The fourth-order valence-electron chi connectivity index (χ4n) is 6.18. The molecule has 1 aromatic carbocycles. The Morgan fingerprint density at radius 2 is 1.82 bits per heavy atom. The Hall–Kier alpha value is -2.43. The first kappa shape index (κ1) is 22.1. The second-order valence-electron chi connectivity index (χ2n) is 10.4. The maximum absolute atomic E-state index is 12.2. The van der Waals surface area contributed by atoms with E-state index in [1.807, 2.05) is 30.3 Å². The molecule has 4 aliphatic heterocycles. The van der Waals surface area contributed by atoms with Crippen molar-refractivity contribution in [2.75, 3.05) is 31.1 Å². The highest BCUT2D eigenvalue weighted by Crippen LogP contribution is 2.48. The van der Waals surface area contributed by atoms with Crippen molar-refractivity contribution in [1.29, 1.82) is 0 Å². The third kappa shape index (κ3) is 3.81. The number of fused-ring (bicyclic) bond motifs is 3. The van der Waals surface area contributed by atoms with Crippen molar-refractivity contribution < 1.29 is 14.9 Å². The maximum atomic E-state index is 12.2. The quantitative estimate of drug-likeness (QED) is 0.647. The Kier molecular flexibility index (Phi) is 5.62. The number of aromatic nitrogens is 1. The van der Waals surface area contributed by atoms with E-state index in [4.69, 9.17) is 16.1 Å². The molecule has 0 spiro atoms. The van der Waals surface area contributed by atoms with Gasteiger partial charge in [0.2, 0.25) is 0 Å². The molecule has 6 nitrogen and oxygen atoms in total. The van der Waals surface area contributed by atoms with Crippen LogP contribution in [0.15, 0.2) is 42.5 Å². The van der Waals surface area contributed by atoms with E-state index in [1.165, 1.54) is 0 Å². The van der Waals surface area contributed by atoms with Crippen LogP contribution >= 0.6 is 0 Å². The molecular formula is C28H33N3O3. The van der Waals surface area contributed by atoms with Crippen LogP contribution in [0.3, 0.4) is 0 Å². The summed E-state index contributed by atoms with van der Waals surface area (Å²) in [5.41, 5.74) is 1.75. The normalized spacial score (nSPS) is 34.9. The van der Waals surface area contributed by atoms with Gasteiger partial charge in [-0.25, -0.2) is 4.98 Å². The minimum absolute atomic E-state index is 0.130. The predicted molar refractivity (Wildman–Crippen MR) is 130 cm³/mol. The van der Waals surface area contributed by atoms with Crippen molar-refractivity contribution in [3.05, 3.63) is 59.3 Å². The van der Waals surface area contributed by atoms with Gasteiger partial charge in [-0.05, 0) is 56.3 Å². The van der Waals surface area contributed by atoms with E-state index in [-0.39, 0.29) is 18.1 Å². The van der Waals surface area contributed by atoms with Crippen LogP contribution in [0.4, 0.5) is 5.82 Å². The molecule has 7 rings (SSSR count). The molecule has 5 fully saturated rings. The Morgan fingerprint density at radius 3 is 2.53 bits per heavy atom. The summed E-state index contributed by atoms with van der Waals surface area (Å²) in [5, 5.41) is 22.8. The Morgan fingerprint density at radius 1 is 1.06 bits per heavy atom. The first-order valence-electron chi connectivity index (χ1n) is 12.6. The van der Waals surface area contributed by atoms with Crippen LogP contribution < -0.4 is 4.90 Å². The molecule has 5 heterocycles. The van der Waals surface area contributed by atoms with Gasteiger partial charge in [0.1, 0.15) is 23.6 Å². The standard InChI is InChI=1S/C28H33N3O3/c1-2-26-28(33,20-12-14-30(26)15-13-20)22-10-11-27(29-23(22)16-19-6-4-3-5-7-19)31-17-24(32)25(18-31)34-21-8-9-21/h1,3-7,10-11,20-21,24-26,32-33H,8-9,12-18H2/t24-,25-,26?,28-/m1/s1. The molecule has 2 N–H and O–H groups in total. The Balaban J connectivity index is 1.37. The number of hydrogen-bond acceptors (Lipinski definition) is 6. The van der Waals surface area contributed by atoms with Crippen LogP contribution in [0.25, 0.3) is 0 Å². The average molecular weight is 460 g/mol. The van der Waals surface area contributed by atoms with E-state index >= 15 is 0 Å². The van der Waals surface area contributed by atoms with Gasteiger partial charge in [0.05, 0.1) is 17.9 Å². The van der Waals surface area contributed by atoms with E-state index in [0.29, 0.717) is 25.6 Å². The molecule has 0 radical (unpaired) electrons. The van der Waals surface area contributed by atoms with Crippen molar-refractivity contribution in [2.45, 2.75) is 62.1 Å². The highest BCUT2D eigenvalue weighted by molar-refractivity contribution is 5.48. The smallest absolute Gasteiger partial charge is 0.129 e. The number of benzene rings is 1. The fraction of sp³-hybridized carbons (Fsp3) is 0.536. The van der Waals surface area contributed by atoms with Gasteiger partial charge in [-0.2, -0.15) is 0 Å². The highest BCUT2D eigenvalue weighted by Gasteiger charge is 2.54. The summed E-state index contributed by atoms with van der Waals surface area (Å²) in [7, 11) is 0. The first-order chi connectivity index (χ1) is 16.6. The molecular weight excluding hydrogens is 426 g/mol. The number of ether oxygens (including phenoxy) is 1. The van der Waals surface area contributed by atoms with Gasteiger partial charge in [-0.1, -0.05) is 42.3 Å². The number of terminal acetylenes is 1. The number of aliphatic hydroxyl groups excluding tert-OH is 1. The van der Waals surface area contributed by atoms with E-state index in [0.717, 1.165) is 61.4 Å². The second-order valence-corrected chi connectivity index (χ2v) is 10.4. The monoisotopic (exact) mass is 459 g/mol. The van der Waals surface area contributed by atoms with Crippen molar-refractivity contribution in [1.82, 2.24) is 9.88 Å². The predicted octanol–water partition coefficient (Wildman–Crippen LogP) is 2.32. The topological polar surface area (TPSA) is 69.1 Å². The number of rotatable bonds is 6. The van der Waals surface area contributed by atoms with Gasteiger partial charge in [-0.3, -0.25) is 4.90 Å². The summed E-state index contributed by atoms with van der Waals surface area (Å²) in [6.45, 7) is 3.01. The Labute approximate surface area is 201 Å². The molecule has 34 heavy (non-hydrogen) atoms. The molecule has 4 saturated heterocycles. The molecule has 2 bridgehead atoms. The van der Waals surface area contributed by atoms with Crippen LogP contribution in [-0.4, -0.2) is 70.6 Å². The van der Waals surface area contributed by atoms with Gasteiger partial charge in [0.25, 0.3) is 0 Å².